The van der Waals surface area contributed by atoms with E-state index in [1.54, 1.807) is 18.5 Å². The van der Waals surface area contributed by atoms with E-state index in [1.165, 1.54) is 0 Å². The van der Waals surface area contributed by atoms with E-state index in [1.807, 2.05) is 58.5 Å². The summed E-state index contributed by atoms with van der Waals surface area (Å²) in [5.41, 5.74) is 3.92. The predicted molar refractivity (Wildman–Crippen MR) is 137 cm³/mol. The van der Waals surface area contributed by atoms with E-state index in [0.717, 1.165) is 42.4 Å². The van der Waals surface area contributed by atoms with Gasteiger partial charge in [-0.15, -0.1) is 0 Å². The third-order valence-electron chi connectivity index (χ3n) is 6.89. The highest BCUT2D eigenvalue weighted by molar-refractivity contribution is 6.30. The average molecular weight is 490 g/mol. The molecule has 0 saturated heterocycles. The lowest BCUT2D eigenvalue weighted by Crippen LogP contribution is -2.39. The summed E-state index contributed by atoms with van der Waals surface area (Å²) in [6.45, 7) is 2.93. The van der Waals surface area contributed by atoms with Crippen LogP contribution in [0.3, 0.4) is 0 Å². The quantitative estimate of drug-likeness (QED) is 0.429. The maximum absolute atomic E-state index is 13.4. The molecular weight excluding hydrogens is 462 g/mol. The number of para-hydroxylation sites is 2. The molecule has 1 N–H and O–H groups in total. The van der Waals surface area contributed by atoms with Crippen molar-refractivity contribution in [3.8, 4) is 0 Å². The summed E-state index contributed by atoms with van der Waals surface area (Å²) in [6.07, 6.45) is 6.96. The number of imidazole rings is 1. The second-order valence-electron chi connectivity index (χ2n) is 9.27. The highest BCUT2D eigenvalue weighted by Crippen LogP contribution is 2.27. The number of carbonyl (C=O) groups excluding carboxylic acids is 1. The van der Waals surface area contributed by atoms with E-state index >= 15 is 0 Å². The number of benzene rings is 1. The molecule has 1 amide bonds. The van der Waals surface area contributed by atoms with Crippen LogP contribution in [0.4, 0.5) is 0 Å². The van der Waals surface area contributed by atoms with Crippen LogP contribution < -0.4 is 11.0 Å². The van der Waals surface area contributed by atoms with Crippen molar-refractivity contribution >= 4 is 28.5 Å². The maximum atomic E-state index is 13.4. The fourth-order valence-electron chi connectivity index (χ4n) is 5.00. The first-order chi connectivity index (χ1) is 17.0. The Morgan fingerprint density at radius 2 is 1.74 bits per heavy atom. The molecule has 0 radical (unpaired) electrons. The van der Waals surface area contributed by atoms with Crippen molar-refractivity contribution in [1.29, 1.82) is 0 Å². The first kappa shape index (κ1) is 23.3. The van der Waals surface area contributed by atoms with Gasteiger partial charge in [-0.05, 0) is 68.9 Å². The number of halogens is 1. The van der Waals surface area contributed by atoms with Gasteiger partial charge in [-0.1, -0.05) is 29.8 Å². The van der Waals surface area contributed by atoms with E-state index < -0.39 is 0 Å². The molecule has 1 aliphatic carbocycles. The summed E-state index contributed by atoms with van der Waals surface area (Å²) in [5, 5.41) is 3.60. The molecule has 35 heavy (non-hydrogen) atoms. The second kappa shape index (κ2) is 10.0. The van der Waals surface area contributed by atoms with E-state index in [9.17, 15) is 9.59 Å². The van der Waals surface area contributed by atoms with Gasteiger partial charge in [0.1, 0.15) is 0 Å². The van der Waals surface area contributed by atoms with E-state index in [2.05, 4.69) is 15.3 Å². The first-order valence-electron chi connectivity index (χ1n) is 12.0. The third kappa shape index (κ3) is 5.00. The number of pyridine rings is 2. The number of fused-ring (bicyclic) bond motifs is 1. The molecule has 0 bridgehead atoms. The molecule has 3 heterocycles. The fourth-order valence-corrected chi connectivity index (χ4v) is 5.16. The zero-order valence-corrected chi connectivity index (χ0v) is 20.4. The van der Waals surface area contributed by atoms with Crippen LogP contribution in [0, 0.1) is 12.8 Å². The minimum Gasteiger partial charge on any atom is -0.349 e. The number of hydrogen-bond acceptors (Lipinski definition) is 4. The number of aromatic nitrogens is 4. The number of rotatable bonds is 6. The van der Waals surface area contributed by atoms with Crippen LogP contribution in [0.15, 0.2) is 65.7 Å². The zero-order valence-electron chi connectivity index (χ0n) is 19.7. The number of hydrogen-bond donors (Lipinski definition) is 1. The Balaban J connectivity index is 1.27. The van der Waals surface area contributed by atoms with Crippen molar-refractivity contribution in [2.24, 2.45) is 5.92 Å². The number of amides is 1. The summed E-state index contributed by atoms with van der Waals surface area (Å²) in [4.78, 5) is 34.7. The Hall–Kier alpha value is -3.45. The molecule has 1 saturated carbocycles. The van der Waals surface area contributed by atoms with Crippen LogP contribution >= 0.6 is 11.6 Å². The standard InChI is InChI=1S/C27H28ClN5O2/c1-18-23(14-20(28)15-30-18)26(34)31-21-11-9-19(10-12-21)16-32-24-7-2-3-8-25(24)33(27(32)35)17-22-6-4-5-13-29-22/h2-8,13-15,19,21H,9-12,16-17H2,1H3,(H,31,34)/t19-,21-. The highest BCUT2D eigenvalue weighted by Gasteiger charge is 2.25. The van der Waals surface area contributed by atoms with Crippen LogP contribution in [0.25, 0.3) is 11.0 Å². The molecule has 0 atom stereocenters. The number of nitrogens with zero attached hydrogens (tertiary/aromatic N) is 4. The minimum atomic E-state index is -0.130. The predicted octanol–water partition coefficient (Wildman–Crippen LogP) is 4.59. The average Bonchev–Trinajstić information content (AvgIpc) is 3.13. The van der Waals surface area contributed by atoms with Crippen LogP contribution in [0.2, 0.25) is 5.02 Å². The maximum Gasteiger partial charge on any atom is 0.329 e. The first-order valence-corrected chi connectivity index (χ1v) is 12.4. The molecule has 1 aromatic carbocycles. The SMILES string of the molecule is Cc1ncc(Cl)cc1C(=O)N[C@H]1CC[C@H](Cn2c(=O)n(Cc3ccccn3)c3ccccc32)CC1. The topological polar surface area (TPSA) is 81.8 Å². The molecule has 8 heteroatoms. The Labute approximate surface area is 208 Å². The molecule has 180 valence electrons. The number of carbonyl (C=O) groups is 1. The van der Waals surface area contributed by atoms with Crippen LogP contribution in [-0.4, -0.2) is 31.1 Å². The van der Waals surface area contributed by atoms with Crippen LogP contribution in [0.5, 0.6) is 0 Å². The minimum absolute atomic E-state index is 0.00351. The lowest BCUT2D eigenvalue weighted by Gasteiger charge is -2.29. The largest absolute Gasteiger partial charge is 0.349 e. The third-order valence-corrected chi connectivity index (χ3v) is 7.10. The van der Waals surface area contributed by atoms with Crippen LogP contribution in [-0.2, 0) is 13.1 Å². The molecule has 1 aliphatic rings. The summed E-state index contributed by atoms with van der Waals surface area (Å²) in [7, 11) is 0. The van der Waals surface area contributed by atoms with Crippen molar-refractivity contribution in [3.05, 3.63) is 93.4 Å². The molecule has 7 nitrogen and oxygen atoms in total. The molecule has 0 spiro atoms. The van der Waals surface area contributed by atoms with Crippen LogP contribution in [0.1, 0.15) is 47.4 Å². The monoisotopic (exact) mass is 489 g/mol. The molecule has 0 unspecified atom stereocenters. The van der Waals surface area contributed by atoms with Gasteiger partial charge in [-0.2, -0.15) is 0 Å². The number of nitrogens with one attached hydrogen (secondary N) is 1. The van der Waals surface area contributed by atoms with Gasteiger partial charge >= 0.3 is 5.69 Å². The van der Waals surface area contributed by atoms with E-state index in [4.69, 9.17) is 11.6 Å². The molecular formula is C27H28ClN5O2. The van der Waals surface area contributed by atoms with Gasteiger partial charge in [0.15, 0.2) is 0 Å². The van der Waals surface area contributed by atoms with Gasteiger partial charge in [0, 0.05) is 25.0 Å². The molecule has 3 aromatic heterocycles. The molecule has 5 rings (SSSR count). The van der Waals surface area contributed by atoms with Crippen molar-refractivity contribution in [2.75, 3.05) is 0 Å². The molecule has 0 aliphatic heterocycles. The van der Waals surface area contributed by atoms with Gasteiger partial charge in [0.05, 0.1) is 39.6 Å². The smallest absolute Gasteiger partial charge is 0.329 e. The Morgan fingerprint density at radius 3 is 2.46 bits per heavy atom. The van der Waals surface area contributed by atoms with Gasteiger partial charge in [0.25, 0.3) is 5.91 Å². The van der Waals surface area contributed by atoms with E-state index in [-0.39, 0.29) is 17.6 Å². The van der Waals surface area contributed by atoms with Gasteiger partial charge in [0.2, 0.25) is 0 Å². The lowest BCUT2D eigenvalue weighted by atomic mass is 9.85. The normalized spacial score (nSPS) is 18.0. The van der Waals surface area contributed by atoms with Gasteiger partial charge < -0.3 is 5.32 Å². The summed E-state index contributed by atoms with van der Waals surface area (Å²) in [5.74, 6) is 0.249. The van der Waals surface area contributed by atoms with Crippen molar-refractivity contribution in [3.63, 3.8) is 0 Å². The number of aryl methyl sites for hydroxylation is 1. The van der Waals surface area contributed by atoms with E-state index in [0.29, 0.717) is 35.3 Å². The Bertz CT molecular complexity index is 1400. The molecule has 1 fully saturated rings. The van der Waals surface area contributed by atoms with Crippen molar-refractivity contribution in [1.82, 2.24) is 24.4 Å². The highest BCUT2D eigenvalue weighted by atomic mass is 35.5. The summed E-state index contributed by atoms with van der Waals surface area (Å²) >= 11 is 6.03. The Morgan fingerprint density at radius 1 is 1.03 bits per heavy atom. The summed E-state index contributed by atoms with van der Waals surface area (Å²) in [6, 6.07) is 15.5. The zero-order chi connectivity index (χ0) is 24.4. The van der Waals surface area contributed by atoms with Gasteiger partial charge in [-0.3, -0.25) is 23.9 Å². The Kier molecular flexibility index (Phi) is 6.68. The molecule has 4 aromatic rings. The van der Waals surface area contributed by atoms with Crippen molar-refractivity contribution in [2.45, 2.75) is 51.7 Å². The second-order valence-corrected chi connectivity index (χ2v) is 9.70. The van der Waals surface area contributed by atoms with Gasteiger partial charge in [-0.25, -0.2) is 4.79 Å². The fraction of sp³-hybridized carbons (Fsp3) is 0.333. The lowest BCUT2D eigenvalue weighted by molar-refractivity contribution is 0.0919. The summed E-state index contributed by atoms with van der Waals surface area (Å²) < 4.78 is 3.72. The van der Waals surface area contributed by atoms with Crippen molar-refractivity contribution < 1.29 is 4.79 Å².